The zero-order valence-electron chi connectivity index (χ0n) is 14.9. The highest BCUT2D eigenvalue weighted by atomic mass is 32.1. The average Bonchev–Trinajstić information content (AvgIpc) is 2.65. The van der Waals surface area contributed by atoms with Gasteiger partial charge in [-0.15, -0.1) is 0 Å². The lowest BCUT2D eigenvalue weighted by atomic mass is 9.94. The molecule has 2 aromatic rings. The highest BCUT2D eigenvalue weighted by Crippen LogP contribution is 2.14. The molecule has 1 amide bonds. The second-order valence-corrected chi connectivity index (χ2v) is 6.71. The van der Waals surface area contributed by atoms with E-state index in [9.17, 15) is 9.59 Å². The summed E-state index contributed by atoms with van der Waals surface area (Å²) in [6, 6.07) is 19.6. The lowest BCUT2D eigenvalue weighted by Gasteiger charge is -2.18. The van der Waals surface area contributed by atoms with E-state index < -0.39 is 0 Å². The smallest absolute Gasteiger partial charge is 0.239 e. The predicted molar refractivity (Wildman–Crippen MR) is 108 cm³/mol. The number of thiocarbonyl (C=S) groups is 1. The fourth-order valence-electron chi connectivity index (χ4n) is 2.67. The Morgan fingerprint density at radius 2 is 1.50 bits per heavy atom. The number of carbonyl (C=O) groups excluding carboxylic acids is 2. The van der Waals surface area contributed by atoms with Gasteiger partial charge in [0.2, 0.25) is 5.91 Å². The molecule has 2 rings (SSSR count). The van der Waals surface area contributed by atoms with Crippen molar-refractivity contribution in [1.82, 2.24) is 10.6 Å². The van der Waals surface area contributed by atoms with Gasteiger partial charge in [0.1, 0.15) is 5.78 Å². The molecule has 1 atom stereocenters. The van der Waals surface area contributed by atoms with E-state index >= 15 is 0 Å². The normalized spacial score (nSPS) is 11.4. The monoisotopic (exact) mass is 368 g/mol. The number of Topliss-reactive ketones (excluding diaryl/α,β-unsaturated/α-hetero) is 1. The first kappa shape index (κ1) is 19.8. The minimum Gasteiger partial charge on any atom is -0.370 e. The van der Waals surface area contributed by atoms with Gasteiger partial charge >= 0.3 is 0 Å². The molecule has 4 nitrogen and oxygen atoms in total. The van der Waals surface area contributed by atoms with Gasteiger partial charge in [-0.1, -0.05) is 72.9 Å². The van der Waals surface area contributed by atoms with Crippen LogP contribution in [0.2, 0.25) is 0 Å². The van der Waals surface area contributed by atoms with Gasteiger partial charge in [-0.05, 0) is 24.5 Å². The largest absolute Gasteiger partial charge is 0.370 e. The number of benzene rings is 2. The van der Waals surface area contributed by atoms with Gasteiger partial charge in [0.05, 0.1) is 11.5 Å². The predicted octanol–water partition coefficient (Wildman–Crippen LogP) is 3.06. The molecule has 2 aromatic carbocycles. The van der Waals surface area contributed by atoms with E-state index in [4.69, 9.17) is 12.2 Å². The van der Waals surface area contributed by atoms with Crippen LogP contribution in [0.25, 0.3) is 0 Å². The Morgan fingerprint density at radius 3 is 2.08 bits per heavy atom. The zero-order chi connectivity index (χ0) is 18.8. The van der Waals surface area contributed by atoms with E-state index in [1.807, 2.05) is 60.7 Å². The standard InChI is InChI=1S/C21H24N2O2S/c1-16(24)12-19(13-17-8-4-2-5-9-17)21(26)23-15-20(25)22-14-18-10-6-3-7-11-18/h2-11,19H,12-15H2,1H3,(H,22,25)(H,23,26). The average molecular weight is 369 g/mol. The van der Waals surface area contributed by atoms with Crippen molar-refractivity contribution in [2.75, 3.05) is 6.54 Å². The van der Waals surface area contributed by atoms with Gasteiger partial charge in [0.15, 0.2) is 0 Å². The van der Waals surface area contributed by atoms with Crippen molar-refractivity contribution in [2.24, 2.45) is 5.92 Å². The number of amides is 1. The van der Waals surface area contributed by atoms with E-state index in [-0.39, 0.29) is 24.2 Å². The van der Waals surface area contributed by atoms with E-state index in [0.29, 0.717) is 24.4 Å². The van der Waals surface area contributed by atoms with Gasteiger partial charge in [0.25, 0.3) is 0 Å². The molecule has 2 N–H and O–H groups in total. The van der Waals surface area contributed by atoms with Gasteiger partial charge in [-0.25, -0.2) is 0 Å². The summed E-state index contributed by atoms with van der Waals surface area (Å²) in [5.74, 6) is -0.145. The van der Waals surface area contributed by atoms with Crippen molar-refractivity contribution in [3.8, 4) is 0 Å². The summed E-state index contributed by atoms with van der Waals surface area (Å²) in [7, 11) is 0. The van der Waals surface area contributed by atoms with Crippen LogP contribution in [-0.4, -0.2) is 23.2 Å². The molecule has 0 saturated carbocycles. The quantitative estimate of drug-likeness (QED) is 0.668. The fraction of sp³-hybridized carbons (Fsp3) is 0.286. The minimum atomic E-state index is -0.127. The molecule has 0 aliphatic carbocycles. The second kappa shape index (κ2) is 10.5. The number of carbonyl (C=O) groups is 2. The highest BCUT2D eigenvalue weighted by Gasteiger charge is 2.18. The van der Waals surface area contributed by atoms with E-state index in [1.165, 1.54) is 0 Å². The molecule has 1 unspecified atom stereocenters. The molecule has 0 bridgehead atoms. The molecule has 0 radical (unpaired) electrons. The van der Waals surface area contributed by atoms with Crippen LogP contribution < -0.4 is 10.6 Å². The summed E-state index contributed by atoms with van der Waals surface area (Å²) in [5.41, 5.74) is 2.17. The minimum absolute atomic E-state index is 0.0867. The summed E-state index contributed by atoms with van der Waals surface area (Å²) in [5, 5.41) is 5.87. The molecular weight excluding hydrogens is 344 g/mol. The third kappa shape index (κ3) is 7.15. The summed E-state index contributed by atoms with van der Waals surface area (Å²) in [6.45, 7) is 2.15. The van der Waals surface area contributed by atoms with Crippen LogP contribution >= 0.6 is 12.2 Å². The third-order valence-corrected chi connectivity index (χ3v) is 4.46. The molecule has 0 aliphatic heterocycles. The Hall–Kier alpha value is -2.53. The van der Waals surface area contributed by atoms with Crippen LogP contribution in [-0.2, 0) is 22.6 Å². The highest BCUT2D eigenvalue weighted by molar-refractivity contribution is 7.80. The SMILES string of the molecule is CC(=O)CC(Cc1ccccc1)C(=S)NCC(=O)NCc1ccccc1. The maximum absolute atomic E-state index is 12.0. The first-order valence-electron chi connectivity index (χ1n) is 8.66. The summed E-state index contributed by atoms with van der Waals surface area (Å²) < 4.78 is 0. The van der Waals surface area contributed by atoms with Crippen molar-refractivity contribution >= 4 is 28.9 Å². The van der Waals surface area contributed by atoms with Crippen LogP contribution in [0.5, 0.6) is 0 Å². The van der Waals surface area contributed by atoms with Gasteiger partial charge in [0, 0.05) is 18.9 Å². The second-order valence-electron chi connectivity index (χ2n) is 6.27. The number of hydrogen-bond donors (Lipinski definition) is 2. The Labute approximate surface area is 160 Å². The molecule has 0 aromatic heterocycles. The molecule has 26 heavy (non-hydrogen) atoms. The first-order chi connectivity index (χ1) is 12.5. The van der Waals surface area contributed by atoms with E-state index in [0.717, 1.165) is 11.1 Å². The maximum atomic E-state index is 12.0. The van der Waals surface area contributed by atoms with Crippen LogP contribution in [0, 0.1) is 5.92 Å². The van der Waals surface area contributed by atoms with Crippen molar-refractivity contribution in [3.63, 3.8) is 0 Å². The van der Waals surface area contributed by atoms with Gasteiger partial charge in [-0.3, -0.25) is 4.79 Å². The van der Waals surface area contributed by atoms with Gasteiger partial charge < -0.3 is 15.4 Å². The Balaban J connectivity index is 1.83. The third-order valence-electron chi connectivity index (χ3n) is 3.99. The molecule has 0 spiro atoms. The van der Waals surface area contributed by atoms with Crippen molar-refractivity contribution in [1.29, 1.82) is 0 Å². The molecular formula is C21H24N2O2S. The molecule has 0 saturated heterocycles. The van der Waals surface area contributed by atoms with E-state index in [2.05, 4.69) is 10.6 Å². The Morgan fingerprint density at radius 1 is 0.923 bits per heavy atom. The Kier molecular flexibility index (Phi) is 7.96. The first-order valence-corrected chi connectivity index (χ1v) is 9.07. The molecule has 0 heterocycles. The van der Waals surface area contributed by atoms with Gasteiger partial charge in [-0.2, -0.15) is 0 Å². The van der Waals surface area contributed by atoms with Crippen LogP contribution in [0.1, 0.15) is 24.5 Å². The molecule has 5 heteroatoms. The van der Waals surface area contributed by atoms with Crippen LogP contribution in [0.4, 0.5) is 0 Å². The summed E-state index contributed by atoms with van der Waals surface area (Å²) >= 11 is 5.45. The van der Waals surface area contributed by atoms with E-state index in [1.54, 1.807) is 6.92 Å². The van der Waals surface area contributed by atoms with Crippen LogP contribution in [0.3, 0.4) is 0 Å². The number of ketones is 1. The topological polar surface area (TPSA) is 58.2 Å². The summed E-state index contributed by atoms with van der Waals surface area (Å²) in [6.07, 6.45) is 1.05. The Bertz CT molecular complexity index is 732. The maximum Gasteiger partial charge on any atom is 0.239 e. The van der Waals surface area contributed by atoms with Crippen molar-refractivity contribution < 1.29 is 9.59 Å². The molecule has 136 valence electrons. The zero-order valence-corrected chi connectivity index (χ0v) is 15.7. The lowest BCUT2D eigenvalue weighted by molar-refractivity contribution is -0.120. The van der Waals surface area contributed by atoms with Crippen molar-refractivity contribution in [3.05, 3.63) is 71.8 Å². The summed E-state index contributed by atoms with van der Waals surface area (Å²) in [4.78, 5) is 24.2. The number of nitrogens with one attached hydrogen (secondary N) is 2. The molecule has 0 fully saturated rings. The van der Waals surface area contributed by atoms with Crippen molar-refractivity contribution in [2.45, 2.75) is 26.3 Å². The van der Waals surface area contributed by atoms with Crippen LogP contribution in [0.15, 0.2) is 60.7 Å². The number of rotatable bonds is 9. The lowest BCUT2D eigenvalue weighted by Crippen LogP contribution is -2.39. The number of hydrogen-bond acceptors (Lipinski definition) is 3. The fourth-order valence-corrected chi connectivity index (χ4v) is 2.91. The molecule has 0 aliphatic rings.